The number of alkyl halides is 2. The zero-order valence-corrected chi connectivity index (χ0v) is 10.2. The van der Waals surface area contributed by atoms with Crippen molar-refractivity contribution in [2.24, 2.45) is 5.41 Å². The summed E-state index contributed by atoms with van der Waals surface area (Å²) in [5.74, 6) is -3.46. The second-order valence-electron chi connectivity index (χ2n) is 5.57. The van der Waals surface area contributed by atoms with Crippen LogP contribution >= 0.6 is 0 Å². The van der Waals surface area contributed by atoms with Crippen LogP contribution in [0.3, 0.4) is 0 Å². The molecule has 3 aliphatic rings. The predicted molar refractivity (Wildman–Crippen MR) is 56.9 cm³/mol. The maximum Gasteiger partial charge on any atom is 0.332 e. The molecule has 2 saturated heterocycles. The molecule has 2 aliphatic heterocycles. The zero-order valence-electron chi connectivity index (χ0n) is 10.2. The summed E-state index contributed by atoms with van der Waals surface area (Å²) in [6.07, 6.45) is 0.394. The topological polar surface area (TPSA) is 46.6 Å². The van der Waals surface area contributed by atoms with Gasteiger partial charge in [-0.3, -0.25) is 4.79 Å². The predicted octanol–water partition coefficient (Wildman–Crippen LogP) is 1.34. The van der Waals surface area contributed by atoms with Crippen LogP contribution in [0.4, 0.5) is 8.78 Å². The summed E-state index contributed by atoms with van der Waals surface area (Å²) in [7, 11) is 0. The largest absolute Gasteiger partial charge is 0.464 e. The number of amides is 1. The van der Waals surface area contributed by atoms with E-state index in [9.17, 15) is 18.4 Å². The molecule has 100 valence electrons. The van der Waals surface area contributed by atoms with Gasteiger partial charge >= 0.3 is 5.97 Å². The van der Waals surface area contributed by atoms with Crippen molar-refractivity contribution in [2.45, 2.75) is 44.1 Å². The molecule has 0 unspecified atom stereocenters. The molecular formula is C12H15F2NO3. The van der Waals surface area contributed by atoms with Gasteiger partial charge in [-0.15, -0.1) is 0 Å². The van der Waals surface area contributed by atoms with Crippen LogP contribution in [0.25, 0.3) is 0 Å². The Labute approximate surface area is 103 Å². The van der Waals surface area contributed by atoms with Crippen molar-refractivity contribution in [2.75, 3.05) is 13.2 Å². The molecule has 3 rings (SSSR count). The van der Waals surface area contributed by atoms with Gasteiger partial charge in [-0.05, 0) is 19.8 Å². The molecule has 6 heteroatoms. The lowest BCUT2D eigenvalue weighted by atomic mass is 9.88. The van der Waals surface area contributed by atoms with E-state index in [0.717, 1.165) is 0 Å². The van der Waals surface area contributed by atoms with Crippen molar-refractivity contribution in [3.05, 3.63) is 0 Å². The minimum absolute atomic E-state index is 0.00233. The highest BCUT2D eigenvalue weighted by Crippen LogP contribution is 2.69. The molecule has 4 nitrogen and oxygen atoms in total. The van der Waals surface area contributed by atoms with E-state index >= 15 is 0 Å². The molecule has 0 N–H and O–H groups in total. The van der Waals surface area contributed by atoms with Crippen LogP contribution < -0.4 is 0 Å². The summed E-state index contributed by atoms with van der Waals surface area (Å²) in [5.41, 5.74) is -2.29. The highest BCUT2D eigenvalue weighted by Gasteiger charge is 2.79. The number of esters is 1. The molecule has 1 spiro atoms. The van der Waals surface area contributed by atoms with Crippen LogP contribution in [0.2, 0.25) is 0 Å². The van der Waals surface area contributed by atoms with E-state index in [4.69, 9.17) is 4.74 Å². The van der Waals surface area contributed by atoms with E-state index in [-0.39, 0.29) is 38.3 Å². The van der Waals surface area contributed by atoms with Gasteiger partial charge < -0.3 is 9.64 Å². The SMILES string of the molecule is CCOC(=O)[C@]12CCC(=O)N1C[C@@]1(CC1(F)F)C2. The van der Waals surface area contributed by atoms with Crippen molar-refractivity contribution >= 4 is 11.9 Å². The Bertz CT molecular complexity index is 439. The third kappa shape index (κ3) is 1.23. The number of fused-ring (bicyclic) bond motifs is 1. The molecule has 0 radical (unpaired) electrons. The zero-order chi connectivity index (χ0) is 13.2. The highest BCUT2D eigenvalue weighted by atomic mass is 19.3. The van der Waals surface area contributed by atoms with Gasteiger partial charge in [-0.25, -0.2) is 13.6 Å². The summed E-state index contributed by atoms with van der Waals surface area (Å²) >= 11 is 0. The Kier molecular flexibility index (Phi) is 2.12. The molecule has 1 amide bonds. The van der Waals surface area contributed by atoms with Gasteiger partial charge in [0.25, 0.3) is 5.92 Å². The lowest BCUT2D eigenvalue weighted by molar-refractivity contribution is -0.157. The average Bonchev–Trinajstić information content (AvgIpc) is 2.60. The van der Waals surface area contributed by atoms with E-state index in [1.807, 2.05) is 0 Å². The number of hydrogen-bond donors (Lipinski definition) is 0. The van der Waals surface area contributed by atoms with Crippen LogP contribution in [-0.2, 0) is 14.3 Å². The van der Waals surface area contributed by atoms with E-state index in [1.165, 1.54) is 4.90 Å². The Morgan fingerprint density at radius 1 is 1.44 bits per heavy atom. The first-order valence-electron chi connectivity index (χ1n) is 6.22. The molecule has 0 bridgehead atoms. The Morgan fingerprint density at radius 3 is 2.67 bits per heavy atom. The molecule has 0 aromatic heterocycles. The van der Waals surface area contributed by atoms with Crippen LogP contribution in [0.15, 0.2) is 0 Å². The fraction of sp³-hybridized carbons (Fsp3) is 0.833. The Morgan fingerprint density at radius 2 is 2.11 bits per heavy atom. The first-order chi connectivity index (χ1) is 8.37. The van der Waals surface area contributed by atoms with Crippen molar-refractivity contribution < 1.29 is 23.1 Å². The molecular weight excluding hydrogens is 244 g/mol. The van der Waals surface area contributed by atoms with Crippen LogP contribution in [0.5, 0.6) is 0 Å². The molecule has 18 heavy (non-hydrogen) atoms. The van der Waals surface area contributed by atoms with Crippen LogP contribution in [0, 0.1) is 5.41 Å². The average molecular weight is 259 g/mol. The van der Waals surface area contributed by atoms with Gasteiger partial charge in [0.2, 0.25) is 5.91 Å². The minimum Gasteiger partial charge on any atom is -0.464 e. The standard InChI is InChI=1S/C12H15F2NO3/c1-2-18-9(17)11-4-3-8(16)15(11)7-10(5-11)6-12(10,13)14/h2-7H2,1H3/t10-,11+/m0/s1. The molecule has 3 fully saturated rings. The summed E-state index contributed by atoms with van der Waals surface area (Å²) in [5, 5.41) is 0. The van der Waals surface area contributed by atoms with Crippen molar-refractivity contribution in [1.29, 1.82) is 0 Å². The summed E-state index contributed by atoms with van der Waals surface area (Å²) in [6.45, 7) is 1.87. The van der Waals surface area contributed by atoms with E-state index < -0.39 is 22.8 Å². The van der Waals surface area contributed by atoms with E-state index in [1.54, 1.807) is 6.92 Å². The maximum absolute atomic E-state index is 13.5. The maximum atomic E-state index is 13.5. The third-order valence-corrected chi connectivity index (χ3v) is 4.53. The summed E-state index contributed by atoms with van der Waals surface area (Å²) in [4.78, 5) is 25.2. The normalized spacial score (nSPS) is 40.2. The molecule has 1 aliphatic carbocycles. The van der Waals surface area contributed by atoms with Gasteiger partial charge in [0, 0.05) is 19.4 Å². The Hall–Kier alpha value is -1.20. The van der Waals surface area contributed by atoms with Gasteiger partial charge in [0.05, 0.1) is 12.0 Å². The third-order valence-electron chi connectivity index (χ3n) is 4.53. The van der Waals surface area contributed by atoms with Crippen molar-refractivity contribution in [1.82, 2.24) is 4.90 Å². The van der Waals surface area contributed by atoms with Gasteiger partial charge in [-0.2, -0.15) is 0 Å². The second-order valence-corrected chi connectivity index (χ2v) is 5.57. The van der Waals surface area contributed by atoms with Crippen molar-refractivity contribution in [3.63, 3.8) is 0 Å². The number of carbonyl (C=O) groups is 2. The van der Waals surface area contributed by atoms with E-state index in [0.29, 0.717) is 6.42 Å². The molecule has 2 atom stereocenters. The van der Waals surface area contributed by atoms with E-state index in [2.05, 4.69) is 0 Å². The van der Waals surface area contributed by atoms with Gasteiger partial charge in [0.1, 0.15) is 5.54 Å². The number of hydrogen-bond acceptors (Lipinski definition) is 3. The van der Waals surface area contributed by atoms with Gasteiger partial charge in [-0.1, -0.05) is 0 Å². The number of carbonyl (C=O) groups excluding carboxylic acids is 2. The fourth-order valence-electron chi connectivity index (χ4n) is 3.46. The molecule has 0 aromatic rings. The lowest BCUT2D eigenvalue weighted by Gasteiger charge is -2.28. The number of halogens is 2. The number of rotatable bonds is 2. The molecule has 0 aromatic carbocycles. The van der Waals surface area contributed by atoms with Gasteiger partial charge in [0.15, 0.2) is 0 Å². The Balaban J connectivity index is 1.92. The lowest BCUT2D eigenvalue weighted by Crippen LogP contribution is -2.48. The number of ether oxygens (including phenoxy) is 1. The quantitative estimate of drug-likeness (QED) is 0.703. The smallest absolute Gasteiger partial charge is 0.332 e. The fourth-order valence-corrected chi connectivity index (χ4v) is 3.46. The first-order valence-corrected chi connectivity index (χ1v) is 6.22. The highest BCUT2D eigenvalue weighted by molar-refractivity contribution is 5.93. The first kappa shape index (κ1) is 11.9. The minimum atomic E-state index is -2.74. The van der Waals surface area contributed by atoms with Crippen LogP contribution in [-0.4, -0.2) is 41.4 Å². The summed E-state index contributed by atoms with van der Waals surface area (Å²) in [6, 6.07) is 0. The summed E-state index contributed by atoms with van der Waals surface area (Å²) < 4.78 is 31.9. The second kappa shape index (κ2) is 3.22. The number of nitrogens with zero attached hydrogens (tertiary/aromatic N) is 1. The monoisotopic (exact) mass is 259 g/mol. The molecule has 1 saturated carbocycles. The van der Waals surface area contributed by atoms with Crippen LogP contribution in [0.1, 0.15) is 32.6 Å². The molecule has 2 heterocycles. The van der Waals surface area contributed by atoms with Crippen molar-refractivity contribution in [3.8, 4) is 0 Å².